The van der Waals surface area contributed by atoms with Gasteiger partial charge in [0.1, 0.15) is 5.76 Å². The molecule has 41 heavy (non-hydrogen) atoms. The molecule has 4 nitrogen and oxygen atoms in total. The number of carbonyl (C=O) groups excluding carboxylic acids is 1. The van der Waals surface area contributed by atoms with Crippen LogP contribution in [0.4, 0.5) is 0 Å². The van der Waals surface area contributed by atoms with Crippen LogP contribution in [0.5, 0.6) is 11.6 Å². The fourth-order valence-corrected chi connectivity index (χ4v) is 4.94. The summed E-state index contributed by atoms with van der Waals surface area (Å²) in [4.78, 5) is 16.3. The maximum absolute atomic E-state index is 11.8. The van der Waals surface area contributed by atoms with Gasteiger partial charge in [0.25, 0.3) is 0 Å². The number of aromatic nitrogens is 1. The molecule has 0 aliphatic heterocycles. The number of aliphatic hydroxyl groups is 1. The second-order valence-corrected chi connectivity index (χ2v) is 12.6. The Morgan fingerprint density at radius 1 is 1.02 bits per heavy atom. The smallest absolute Gasteiger partial charge is 0.224 e. The zero-order valence-corrected chi connectivity index (χ0v) is 28.5. The molecular weight excluding hydrogens is 687 g/mol. The maximum atomic E-state index is 11.8. The first kappa shape index (κ1) is 34.7. The van der Waals surface area contributed by atoms with Crippen molar-refractivity contribution in [1.82, 2.24) is 4.98 Å². The van der Waals surface area contributed by atoms with E-state index in [4.69, 9.17) is 4.74 Å². The molecule has 1 saturated carbocycles. The monoisotopic (exact) mass is 735 g/mol. The Bertz CT molecular complexity index is 1310. The van der Waals surface area contributed by atoms with Crippen molar-refractivity contribution in [3.05, 3.63) is 77.7 Å². The van der Waals surface area contributed by atoms with Gasteiger partial charge >= 0.3 is 0 Å². The summed E-state index contributed by atoms with van der Waals surface area (Å²) in [5.74, 6) is 2.77. The summed E-state index contributed by atoms with van der Waals surface area (Å²) in [6.45, 7) is 16.2. The minimum atomic E-state index is -0.377. The molecule has 1 heterocycles. The SMILES string of the molecule is CC(C)c1ccc2c(Oc3[c-]cccc3)nccc2c1C1CCCC1.CCC(C)(C)C(=O)/C=C(\O)C(C)(C)CC.[Ir]. The second kappa shape index (κ2) is 15.1. The third-order valence-electron chi connectivity index (χ3n) is 8.65. The molecule has 1 aromatic heterocycles. The first-order chi connectivity index (χ1) is 18.9. The Kier molecular flexibility index (Phi) is 12.8. The van der Waals surface area contributed by atoms with Crippen molar-refractivity contribution in [2.45, 2.75) is 106 Å². The van der Waals surface area contributed by atoms with Gasteiger partial charge in [-0.15, -0.1) is 12.1 Å². The number of hydrogen-bond donors (Lipinski definition) is 1. The van der Waals surface area contributed by atoms with Crippen LogP contribution in [-0.2, 0) is 24.9 Å². The maximum Gasteiger partial charge on any atom is 0.224 e. The minimum Gasteiger partial charge on any atom is -0.512 e. The molecule has 1 aliphatic carbocycles. The van der Waals surface area contributed by atoms with Gasteiger partial charge in [-0.05, 0) is 66.2 Å². The molecule has 2 aromatic carbocycles. The van der Waals surface area contributed by atoms with E-state index in [1.54, 1.807) is 0 Å². The number of rotatable bonds is 9. The third kappa shape index (κ3) is 8.75. The second-order valence-electron chi connectivity index (χ2n) is 12.6. The van der Waals surface area contributed by atoms with E-state index < -0.39 is 0 Å². The predicted molar refractivity (Wildman–Crippen MR) is 166 cm³/mol. The molecule has 0 saturated heterocycles. The number of fused-ring (bicyclic) bond motifs is 1. The summed E-state index contributed by atoms with van der Waals surface area (Å²) in [7, 11) is 0. The molecular formula is C36H48IrNO3-. The summed E-state index contributed by atoms with van der Waals surface area (Å²) in [5.41, 5.74) is 2.31. The number of hydrogen-bond acceptors (Lipinski definition) is 4. The van der Waals surface area contributed by atoms with E-state index in [0.717, 1.165) is 18.2 Å². The van der Waals surface area contributed by atoms with Crippen molar-refractivity contribution in [3.8, 4) is 11.6 Å². The number of pyridine rings is 1. The van der Waals surface area contributed by atoms with Crippen molar-refractivity contribution >= 4 is 16.6 Å². The van der Waals surface area contributed by atoms with Crippen LogP contribution >= 0.6 is 0 Å². The average molecular weight is 735 g/mol. The van der Waals surface area contributed by atoms with Crippen LogP contribution in [0.2, 0.25) is 0 Å². The van der Waals surface area contributed by atoms with Gasteiger partial charge < -0.3 is 9.84 Å². The molecule has 0 amide bonds. The number of nitrogens with zero attached hydrogens (tertiary/aromatic N) is 1. The quantitative estimate of drug-likeness (QED) is 0.135. The van der Waals surface area contributed by atoms with Crippen LogP contribution in [0, 0.1) is 16.9 Å². The van der Waals surface area contributed by atoms with Crippen molar-refractivity contribution in [2.75, 3.05) is 0 Å². The number of allylic oxidation sites excluding steroid dienone is 2. The molecule has 0 atom stereocenters. The van der Waals surface area contributed by atoms with Crippen molar-refractivity contribution in [1.29, 1.82) is 0 Å². The van der Waals surface area contributed by atoms with Crippen molar-refractivity contribution in [3.63, 3.8) is 0 Å². The molecule has 0 unspecified atom stereocenters. The van der Waals surface area contributed by atoms with Gasteiger partial charge in [0.05, 0.1) is 0 Å². The van der Waals surface area contributed by atoms with Crippen LogP contribution in [0.1, 0.15) is 117 Å². The van der Waals surface area contributed by atoms with Gasteiger partial charge in [-0.25, -0.2) is 4.98 Å². The predicted octanol–water partition coefficient (Wildman–Crippen LogP) is 10.5. The molecule has 5 heteroatoms. The number of carbonyl (C=O) groups is 1. The molecule has 0 bridgehead atoms. The Balaban J connectivity index is 0.000000320. The van der Waals surface area contributed by atoms with Crippen LogP contribution in [0.25, 0.3) is 10.8 Å². The van der Waals surface area contributed by atoms with E-state index in [0.29, 0.717) is 23.5 Å². The minimum absolute atomic E-state index is 0. The normalized spacial score (nSPS) is 14.4. The first-order valence-electron chi connectivity index (χ1n) is 14.9. The van der Waals surface area contributed by atoms with Crippen molar-refractivity contribution in [2.24, 2.45) is 10.8 Å². The third-order valence-corrected chi connectivity index (χ3v) is 8.65. The Labute approximate surface area is 261 Å². The van der Waals surface area contributed by atoms with E-state index in [2.05, 4.69) is 43.1 Å². The molecule has 1 aliphatic rings. The fourth-order valence-electron chi connectivity index (χ4n) is 4.94. The summed E-state index contributed by atoms with van der Waals surface area (Å²) in [6.07, 6.45) is 10.1. The number of para-hydroxylation sites is 1. The van der Waals surface area contributed by atoms with Crippen LogP contribution in [0.3, 0.4) is 0 Å². The van der Waals surface area contributed by atoms with Crippen molar-refractivity contribution < 1.29 is 34.7 Å². The summed E-state index contributed by atoms with van der Waals surface area (Å²) in [6, 6.07) is 17.4. The molecule has 0 spiro atoms. The van der Waals surface area contributed by atoms with Crippen LogP contribution in [0.15, 0.2) is 60.5 Å². The van der Waals surface area contributed by atoms with E-state index >= 15 is 0 Å². The Morgan fingerprint density at radius 2 is 1.68 bits per heavy atom. The zero-order chi connectivity index (χ0) is 29.5. The summed E-state index contributed by atoms with van der Waals surface area (Å²) >= 11 is 0. The number of benzene rings is 2. The molecule has 1 N–H and O–H groups in total. The number of ether oxygens (including phenoxy) is 1. The van der Waals surface area contributed by atoms with E-state index in [-0.39, 0.29) is 42.5 Å². The van der Waals surface area contributed by atoms with Gasteiger partial charge in [0, 0.05) is 54.3 Å². The molecule has 1 radical (unpaired) electrons. The Morgan fingerprint density at radius 3 is 2.24 bits per heavy atom. The molecule has 1 fully saturated rings. The molecule has 4 rings (SSSR count). The van der Waals surface area contributed by atoms with Crippen LogP contribution in [-0.4, -0.2) is 15.9 Å². The Hall–Kier alpha value is -2.49. The zero-order valence-electron chi connectivity index (χ0n) is 26.1. The summed E-state index contributed by atoms with van der Waals surface area (Å²) < 4.78 is 6.04. The largest absolute Gasteiger partial charge is 0.512 e. The van der Waals surface area contributed by atoms with Gasteiger partial charge in [-0.1, -0.05) is 74.3 Å². The van der Waals surface area contributed by atoms with Gasteiger partial charge in [0.15, 0.2) is 5.78 Å². The number of ketones is 1. The van der Waals surface area contributed by atoms with Crippen LogP contribution < -0.4 is 4.74 Å². The fraction of sp³-hybridized carbons (Fsp3) is 0.500. The van der Waals surface area contributed by atoms with Gasteiger partial charge in [-0.2, -0.15) is 18.2 Å². The van der Waals surface area contributed by atoms with E-state index in [1.165, 1.54) is 48.3 Å². The summed E-state index contributed by atoms with van der Waals surface area (Å²) in [5, 5.41) is 12.3. The van der Waals surface area contributed by atoms with E-state index in [9.17, 15) is 9.90 Å². The van der Waals surface area contributed by atoms with E-state index in [1.807, 2.05) is 72.0 Å². The topological polar surface area (TPSA) is 59.4 Å². The standard InChI is InChI=1S/C23H24NO.C13H24O2.Ir/c1-16(2)19-12-13-21-20(22(19)17-8-6-7-9-17)14-15-24-23(21)25-18-10-4-3-5-11-18;1-7-12(3,4)10(14)9-11(15)13(5,6)8-2;/h3-5,10,12-17H,6-9H2,1-2H3;9,14H,7-8H2,1-6H3;/q-1;;/b;10-9-;. The average Bonchev–Trinajstić information content (AvgIpc) is 3.48. The molecule has 3 aromatic rings. The van der Waals surface area contributed by atoms with Gasteiger partial charge in [-0.3, -0.25) is 4.79 Å². The number of aliphatic hydroxyl groups excluding tert-OH is 1. The molecule has 225 valence electrons. The first-order valence-corrected chi connectivity index (χ1v) is 14.9. The van der Waals surface area contributed by atoms with Gasteiger partial charge in [0.2, 0.25) is 5.88 Å².